The average Bonchev–Trinajstić information content (AvgIpc) is 3.14. The summed E-state index contributed by atoms with van der Waals surface area (Å²) in [5.41, 5.74) is 9.76. The lowest BCUT2D eigenvalue weighted by atomic mass is 9.85. The number of aryl methyl sites for hydroxylation is 1. The monoisotopic (exact) mass is 669 g/mol. The number of pyridine rings is 1. The van der Waals surface area contributed by atoms with E-state index in [1.807, 2.05) is 60.7 Å². The maximum absolute atomic E-state index is 14.1. The summed E-state index contributed by atoms with van der Waals surface area (Å²) in [5.74, 6) is -1.38. The van der Waals surface area contributed by atoms with E-state index in [-0.39, 0.29) is 36.9 Å². The largest absolute Gasteiger partial charge is 0.452 e. The third-order valence-corrected chi connectivity index (χ3v) is 8.29. The average molecular weight is 670 g/mol. The first kappa shape index (κ1) is 35.1. The molecule has 1 aromatic heterocycles. The lowest BCUT2D eigenvalue weighted by Gasteiger charge is -2.31. The molecule has 1 aliphatic heterocycles. The first-order valence-electron chi connectivity index (χ1n) is 16.1. The number of rotatable bonds is 12. The fourth-order valence-corrected chi connectivity index (χ4v) is 5.70. The van der Waals surface area contributed by atoms with Gasteiger partial charge in [-0.2, -0.15) is 4.90 Å². The van der Waals surface area contributed by atoms with Crippen LogP contribution in [0.2, 0.25) is 0 Å². The second-order valence-electron chi connectivity index (χ2n) is 11.6. The highest BCUT2D eigenvalue weighted by Crippen LogP contribution is 2.30. The topological polar surface area (TPSA) is 145 Å². The van der Waals surface area contributed by atoms with Crippen LogP contribution < -0.4 is 21.3 Å². The number of anilines is 1. The Bertz CT molecular complexity index is 1630. The van der Waals surface area contributed by atoms with E-state index in [4.69, 9.17) is 19.9 Å². The zero-order valence-electron chi connectivity index (χ0n) is 27.2. The van der Waals surface area contributed by atoms with E-state index in [9.17, 15) is 18.8 Å². The first-order chi connectivity index (χ1) is 23.8. The molecule has 2 heterocycles. The number of carbonyl (C=O) groups excluding carboxylic acids is 3. The zero-order valence-corrected chi connectivity index (χ0v) is 27.2. The van der Waals surface area contributed by atoms with Crippen LogP contribution in [0.15, 0.2) is 103 Å². The molecule has 0 unspecified atom stereocenters. The van der Waals surface area contributed by atoms with Gasteiger partial charge < -0.3 is 30.6 Å². The predicted octanol–water partition coefficient (Wildman–Crippen LogP) is 4.70. The van der Waals surface area contributed by atoms with Crippen LogP contribution in [0, 0.1) is 5.82 Å². The Morgan fingerprint density at radius 2 is 1.67 bits per heavy atom. The Labute approximate surface area is 284 Å². The highest BCUT2D eigenvalue weighted by molar-refractivity contribution is 6.14. The molecular weight excluding hydrogens is 629 g/mol. The Kier molecular flexibility index (Phi) is 12.4. The van der Waals surface area contributed by atoms with E-state index in [2.05, 4.69) is 15.6 Å². The normalized spacial score (nSPS) is 16.4. The van der Waals surface area contributed by atoms with Crippen LogP contribution in [0.25, 0.3) is 0 Å². The molecule has 11 nitrogen and oxygen atoms in total. The standard InChI is InChI=1S/C37H40FN5O6/c1-47-37(46)43(35(44)33(39)32(26-9-4-2-5-10-26)27-11-6-3-7-12-27)34-28(13-8-20-40-34)16-19-31-22-41-30(23-48-31)24-49-36(45)42-21-25-14-17-29(38)18-15-25/h2-15,17-18,20,30-33,41H,16,19,21-24,39H2,1H3,(H,42,45)/t30-,31+,33-/m0/s1. The van der Waals surface area contributed by atoms with Crippen molar-refractivity contribution in [2.24, 2.45) is 5.73 Å². The van der Waals surface area contributed by atoms with Crippen molar-refractivity contribution in [1.29, 1.82) is 0 Å². The van der Waals surface area contributed by atoms with Gasteiger partial charge in [0.2, 0.25) is 0 Å². The van der Waals surface area contributed by atoms with Crippen LogP contribution in [-0.4, -0.2) is 68.1 Å². The summed E-state index contributed by atoms with van der Waals surface area (Å²) in [7, 11) is 1.21. The quantitative estimate of drug-likeness (QED) is 0.196. The van der Waals surface area contributed by atoms with Gasteiger partial charge in [-0.3, -0.25) is 4.79 Å². The van der Waals surface area contributed by atoms with Gasteiger partial charge in [-0.1, -0.05) is 78.9 Å². The smallest absolute Gasteiger partial charge is 0.422 e. The van der Waals surface area contributed by atoms with Crippen LogP contribution in [-0.2, 0) is 32.0 Å². The number of morpholine rings is 1. The third-order valence-electron chi connectivity index (χ3n) is 8.29. The maximum atomic E-state index is 14.1. The van der Waals surface area contributed by atoms with Gasteiger partial charge in [-0.05, 0) is 53.3 Å². The van der Waals surface area contributed by atoms with Gasteiger partial charge in [0, 0.05) is 25.2 Å². The number of ether oxygens (including phenoxy) is 3. The molecule has 4 N–H and O–H groups in total. The SMILES string of the molecule is COC(=O)N(C(=O)[C@@H](N)C(c1ccccc1)c1ccccc1)c1ncccc1CC[C@@H]1CN[C@H](COC(=O)NCc2ccc(F)cc2)CO1. The molecule has 5 rings (SSSR count). The summed E-state index contributed by atoms with van der Waals surface area (Å²) in [4.78, 5) is 44.8. The lowest BCUT2D eigenvalue weighted by molar-refractivity contribution is -0.119. The third kappa shape index (κ3) is 9.47. The number of halogens is 1. The number of alkyl carbamates (subject to hydrolysis) is 1. The Morgan fingerprint density at radius 1 is 1.00 bits per heavy atom. The minimum Gasteiger partial charge on any atom is -0.452 e. The molecule has 1 saturated heterocycles. The van der Waals surface area contributed by atoms with Crippen molar-refractivity contribution in [3.05, 3.63) is 131 Å². The fourth-order valence-electron chi connectivity index (χ4n) is 5.70. The molecule has 49 heavy (non-hydrogen) atoms. The van der Waals surface area contributed by atoms with E-state index >= 15 is 0 Å². The summed E-state index contributed by atoms with van der Waals surface area (Å²) in [6.07, 6.45) is 0.865. The summed E-state index contributed by atoms with van der Waals surface area (Å²) in [5, 5.41) is 5.98. The number of imide groups is 1. The molecule has 3 aromatic carbocycles. The van der Waals surface area contributed by atoms with Gasteiger partial charge in [0.25, 0.3) is 5.91 Å². The number of amides is 3. The van der Waals surface area contributed by atoms with Gasteiger partial charge in [-0.25, -0.2) is 19.0 Å². The molecule has 0 bridgehead atoms. The van der Waals surface area contributed by atoms with Crippen molar-refractivity contribution >= 4 is 23.9 Å². The highest BCUT2D eigenvalue weighted by Gasteiger charge is 2.37. The molecular formula is C37H40FN5O6. The highest BCUT2D eigenvalue weighted by atomic mass is 19.1. The number of hydrogen-bond donors (Lipinski definition) is 3. The first-order valence-corrected chi connectivity index (χ1v) is 16.1. The molecule has 4 aromatic rings. The molecule has 0 saturated carbocycles. The number of methoxy groups -OCH3 is 1. The minimum atomic E-state index is -1.13. The van der Waals surface area contributed by atoms with E-state index in [1.54, 1.807) is 24.3 Å². The van der Waals surface area contributed by atoms with Gasteiger partial charge in [-0.15, -0.1) is 0 Å². The van der Waals surface area contributed by atoms with Gasteiger partial charge >= 0.3 is 12.2 Å². The van der Waals surface area contributed by atoms with E-state index < -0.39 is 30.1 Å². The molecule has 0 radical (unpaired) electrons. The summed E-state index contributed by atoms with van der Waals surface area (Å²) in [6, 6.07) is 27.0. The van der Waals surface area contributed by atoms with Gasteiger partial charge in [0.1, 0.15) is 18.2 Å². The lowest BCUT2D eigenvalue weighted by Crippen LogP contribution is -2.50. The Balaban J connectivity index is 1.19. The van der Waals surface area contributed by atoms with Crippen molar-refractivity contribution < 1.29 is 33.0 Å². The van der Waals surface area contributed by atoms with Crippen LogP contribution in [0.1, 0.15) is 34.6 Å². The Morgan fingerprint density at radius 3 is 2.29 bits per heavy atom. The van der Waals surface area contributed by atoms with Crippen LogP contribution in [0.4, 0.5) is 19.8 Å². The second kappa shape index (κ2) is 17.3. The van der Waals surface area contributed by atoms with Crippen molar-refractivity contribution in [3.63, 3.8) is 0 Å². The molecule has 0 spiro atoms. The van der Waals surface area contributed by atoms with E-state index in [0.29, 0.717) is 31.6 Å². The van der Waals surface area contributed by atoms with E-state index in [1.165, 1.54) is 25.4 Å². The number of nitrogens with two attached hydrogens (primary N) is 1. The number of carbonyl (C=O) groups is 3. The van der Waals surface area contributed by atoms with Gasteiger partial charge in [0.05, 0.1) is 31.9 Å². The molecule has 3 amide bonds. The Hall–Kier alpha value is -5.17. The van der Waals surface area contributed by atoms with Gasteiger partial charge in [0.15, 0.2) is 0 Å². The van der Waals surface area contributed by atoms with Crippen molar-refractivity contribution in [2.45, 2.75) is 43.5 Å². The number of aromatic nitrogens is 1. The summed E-state index contributed by atoms with van der Waals surface area (Å²) < 4.78 is 29.5. The maximum Gasteiger partial charge on any atom is 0.422 e. The fraction of sp³-hybridized carbons (Fsp3) is 0.297. The van der Waals surface area contributed by atoms with Crippen LogP contribution in [0.3, 0.4) is 0 Å². The molecule has 3 atom stereocenters. The van der Waals surface area contributed by atoms with Crippen molar-refractivity contribution in [2.75, 3.05) is 31.8 Å². The van der Waals surface area contributed by atoms with Crippen molar-refractivity contribution in [1.82, 2.24) is 15.6 Å². The van der Waals surface area contributed by atoms with Crippen molar-refractivity contribution in [3.8, 4) is 0 Å². The summed E-state index contributed by atoms with van der Waals surface area (Å²) >= 11 is 0. The second-order valence-corrected chi connectivity index (χ2v) is 11.6. The molecule has 1 fully saturated rings. The molecule has 0 aliphatic carbocycles. The minimum absolute atomic E-state index is 0.109. The van der Waals surface area contributed by atoms with E-state index in [0.717, 1.165) is 21.6 Å². The number of nitrogens with one attached hydrogen (secondary N) is 2. The molecule has 256 valence electrons. The zero-order chi connectivity index (χ0) is 34.6. The molecule has 12 heteroatoms. The number of nitrogens with zero attached hydrogens (tertiary/aromatic N) is 2. The number of benzene rings is 3. The predicted molar refractivity (Wildman–Crippen MR) is 181 cm³/mol. The molecule has 1 aliphatic rings. The number of hydrogen-bond acceptors (Lipinski definition) is 9. The summed E-state index contributed by atoms with van der Waals surface area (Å²) in [6.45, 7) is 1.15. The van der Waals surface area contributed by atoms with Crippen LogP contribution >= 0.6 is 0 Å². The van der Waals surface area contributed by atoms with Crippen LogP contribution in [0.5, 0.6) is 0 Å².